The van der Waals surface area contributed by atoms with Crippen LogP contribution >= 0.6 is 0 Å². The van der Waals surface area contributed by atoms with Crippen molar-refractivity contribution < 1.29 is 41.4 Å². The Bertz CT molecular complexity index is 1300. The van der Waals surface area contributed by atoms with Gasteiger partial charge in [0.2, 0.25) is 5.91 Å². The molecule has 1 fully saturated rings. The molecule has 2 aromatic carbocycles. The average Bonchev–Trinajstić information content (AvgIpc) is 3.29. The van der Waals surface area contributed by atoms with E-state index in [0.29, 0.717) is 38.3 Å². The monoisotopic (exact) mass is 582 g/mol. The number of alkyl halides is 3. The molecule has 222 valence electrons. The van der Waals surface area contributed by atoms with Crippen molar-refractivity contribution >= 4 is 23.5 Å². The Balaban J connectivity index is 0.000000587. The summed E-state index contributed by atoms with van der Waals surface area (Å²) < 4.78 is 60.3. The summed E-state index contributed by atoms with van der Waals surface area (Å²) in [5, 5.41) is 13.2. The molecule has 0 aliphatic carbocycles. The number of piperazine rings is 1. The molecule has 2 aliphatic rings. The SMILES string of the molecule is CCC(C(=O)N1N=C(c2cc(F)ccc2F)CC1(C)c1ccccc1)N1CCN(C(C)=O)CC1.O=C(O)C(F)(F)F. The zero-order valence-electron chi connectivity index (χ0n) is 22.8. The number of halogens is 5. The summed E-state index contributed by atoms with van der Waals surface area (Å²) in [5.74, 6) is -4.04. The van der Waals surface area contributed by atoms with Crippen molar-refractivity contribution in [3.8, 4) is 0 Å². The lowest BCUT2D eigenvalue weighted by molar-refractivity contribution is -0.192. The number of carboxylic acid groups (broad SMARTS) is 1. The third-order valence-corrected chi connectivity index (χ3v) is 7.16. The van der Waals surface area contributed by atoms with Gasteiger partial charge in [-0.3, -0.25) is 14.5 Å². The molecule has 1 saturated heterocycles. The van der Waals surface area contributed by atoms with Crippen LogP contribution in [0.3, 0.4) is 0 Å². The number of hydrogen-bond donors (Lipinski definition) is 1. The van der Waals surface area contributed by atoms with E-state index < -0.39 is 35.4 Å². The topological polar surface area (TPSA) is 93.5 Å². The van der Waals surface area contributed by atoms with E-state index in [1.807, 2.05) is 44.2 Å². The first kappa shape index (κ1) is 31.7. The van der Waals surface area contributed by atoms with Crippen LogP contribution in [0.25, 0.3) is 0 Å². The lowest BCUT2D eigenvalue weighted by atomic mass is 9.85. The van der Waals surface area contributed by atoms with Gasteiger partial charge in [0.1, 0.15) is 11.6 Å². The molecule has 2 unspecified atom stereocenters. The number of rotatable bonds is 5. The molecule has 1 N–H and O–H groups in total. The van der Waals surface area contributed by atoms with Crippen LogP contribution in [-0.2, 0) is 19.9 Å². The van der Waals surface area contributed by atoms with Gasteiger partial charge in [0, 0.05) is 45.1 Å². The van der Waals surface area contributed by atoms with Crippen LogP contribution in [0.5, 0.6) is 0 Å². The highest BCUT2D eigenvalue weighted by Crippen LogP contribution is 2.40. The molecule has 4 rings (SSSR count). The van der Waals surface area contributed by atoms with E-state index in [0.717, 1.165) is 23.8 Å². The molecule has 8 nitrogen and oxygen atoms in total. The molecular formula is C28H31F5N4O4. The van der Waals surface area contributed by atoms with Gasteiger partial charge in [0.05, 0.1) is 17.3 Å². The maximum Gasteiger partial charge on any atom is 0.490 e. The number of hydrazone groups is 1. The van der Waals surface area contributed by atoms with Crippen molar-refractivity contribution in [1.82, 2.24) is 14.8 Å². The summed E-state index contributed by atoms with van der Waals surface area (Å²) in [6.45, 7) is 7.73. The molecule has 0 bridgehead atoms. The molecule has 2 aromatic rings. The van der Waals surface area contributed by atoms with E-state index in [4.69, 9.17) is 9.90 Å². The minimum absolute atomic E-state index is 0.0292. The average molecular weight is 583 g/mol. The van der Waals surface area contributed by atoms with Crippen molar-refractivity contribution in [3.63, 3.8) is 0 Å². The second kappa shape index (κ2) is 12.8. The number of carbonyl (C=O) groups is 3. The maximum atomic E-state index is 14.6. The quantitative estimate of drug-likeness (QED) is 0.528. The number of aliphatic carboxylic acids is 1. The number of benzene rings is 2. The van der Waals surface area contributed by atoms with Gasteiger partial charge in [-0.2, -0.15) is 18.3 Å². The second-order valence-corrected chi connectivity index (χ2v) is 9.91. The summed E-state index contributed by atoms with van der Waals surface area (Å²) in [6, 6.07) is 12.4. The summed E-state index contributed by atoms with van der Waals surface area (Å²) in [7, 11) is 0. The Kier molecular flexibility index (Phi) is 9.85. The van der Waals surface area contributed by atoms with E-state index in [2.05, 4.69) is 10.0 Å². The van der Waals surface area contributed by atoms with Gasteiger partial charge in [-0.25, -0.2) is 18.6 Å². The Morgan fingerprint density at radius 1 is 1.02 bits per heavy atom. The molecule has 2 amide bonds. The van der Waals surface area contributed by atoms with Gasteiger partial charge in [-0.05, 0) is 37.1 Å². The van der Waals surface area contributed by atoms with E-state index in [9.17, 15) is 31.5 Å². The summed E-state index contributed by atoms with van der Waals surface area (Å²) in [4.78, 5) is 38.4. The molecule has 13 heteroatoms. The Morgan fingerprint density at radius 2 is 1.61 bits per heavy atom. The number of hydrogen-bond acceptors (Lipinski definition) is 5. The van der Waals surface area contributed by atoms with Crippen molar-refractivity contribution in [3.05, 3.63) is 71.3 Å². The number of carboxylic acids is 1. The van der Waals surface area contributed by atoms with E-state index in [-0.39, 0.29) is 23.8 Å². The highest BCUT2D eigenvalue weighted by molar-refractivity contribution is 6.04. The van der Waals surface area contributed by atoms with Crippen molar-refractivity contribution in [2.24, 2.45) is 5.10 Å². The van der Waals surface area contributed by atoms with Crippen LogP contribution in [0, 0.1) is 11.6 Å². The fourth-order valence-corrected chi connectivity index (χ4v) is 4.93. The van der Waals surface area contributed by atoms with Gasteiger partial charge in [-0.1, -0.05) is 37.3 Å². The fourth-order valence-electron chi connectivity index (χ4n) is 4.93. The Morgan fingerprint density at radius 3 is 2.12 bits per heavy atom. The van der Waals surface area contributed by atoms with Crippen LogP contribution in [0.4, 0.5) is 22.0 Å². The standard InChI is InChI=1S/C26H30F2N4O2.C2HF3O2/c1-4-24(31-14-12-30(13-15-31)18(2)33)25(34)32-26(3,19-8-6-5-7-9-19)17-23(29-32)21-16-20(27)10-11-22(21)28;3-2(4,5)1(6)7/h5-11,16,24H,4,12-15,17H2,1-3H3;(H,6,7). The van der Waals surface area contributed by atoms with Crippen LogP contribution in [0.2, 0.25) is 0 Å². The van der Waals surface area contributed by atoms with E-state index >= 15 is 0 Å². The molecule has 2 aliphatic heterocycles. The number of carbonyl (C=O) groups excluding carboxylic acids is 2. The van der Waals surface area contributed by atoms with Crippen molar-refractivity contribution in [2.45, 2.75) is 51.4 Å². The smallest absolute Gasteiger partial charge is 0.475 e. The van der Waals surface area contributed by atoms with E-state index in [1.165, 1.54) is 5.01 Å². The minimum atomic E-state index is -5.08. The van der Waals surface area contributed by atoms with Crippen molar-refractivity contribution in [2.75, 3.05) is 26.2 Å². The van der Waals surface area contributed by atoms with Gasteiger partial charge in [-0.15, -0.1) is 0 Å². The van der Waals surface area contributed by atoms with Crippen LogP contribution in [0.15, 0.2) is 53.6 Å². The molecular weight excluding hydrogens is 551 g/mol. The van der Waals surface area contributed by atoms with Crippen LogP contribution in [-0.4, -0.2) is 81.8 Å². The second-order valence-electron chi connectivity index (χ2n) is 9.91. The van der Waals surface area contributed by atoms with Gasteiger partial charge in [0.15, 0.2) is 0 Å². The highest BCUT2D eigenvalue weighted by Gasteiger charge is 2.47. The highest BCUT2D eigenvalue weighted by atomic mass is 19.4. The summed E-state index contributed by atoms with van der Waals surface area (Å²) in [5.41, 5.74) is 0.435. The predicted molar refractivity (Wildman–Crippen MR) is 140 cm³/mol. The molecule has 41 heavy (non-hydrogen) atoms. The molecule has 0 saturated carbocycles. The molecule has 2 heterocycles. The zero-order valence-corrected chi connectivity index (χ0v) is 22.8. The van der Waals surface area contributed by atoms with Crippen molar-refractivity contribution in [1.29, 1.82) is 0 Å². The normalized spacial score (nSPS) is 20.1. The lowest BCUT2D eigenvalue weighted by Crippen LogP contribution is -2.57. The predicted octanol–water partition coefficient (Wildman–Crippen LogP) is 4.39. The first-order valence-electron chi connectivity index (χ1n) is 12.9. The van der Waals surface area contributed by atoms with E-state index in [1.54, 1.807) is 11.8 Å². The first-order chi connectivity index (χ1) is 19.2. The third kappa shape index (κ3) is 7.26. The third-order valence-electron chi connectivity index (χ3n) is 7.16. The van der Waals surface area contributed by atoms with Gasteiger partial charge >= 0.3 is 12.1 Å². The molecule has 0 spiro atoms. The minimum Gasteiger partial charge on any atom is -0.475 e. The zero-order chi connectivity index (χ0) is 30.5. The van der Waals surface area contributed by atoms with Crippen LogP contribution < -0.4 is 0 Å². The fraction of sp³-hybridized carbons (Fsp3) is 0.429. The molecule has 0 radical (unpaired) electrons. The molecule has 2 atom stereocenters. The maximum absolute atomic E-state index is 14.6. The number of amides is 2. The van der Waals surface area contributed by atoms with Gasteiger partial charge < -0.3 is 10.0 Å². The Hall–Kier alpha value is -3.87. The van der Waals surface area contributed by atoms with Crippen LogP contribution in [0.1, 0.15) is 44.7 Å². The summed E-state index contributed by atoms with van der Waals surface area (Å²) in [6.07, 6.45) is -4.25. The molecule has 0 aromatic heterocycles. The Labute approximate surface area is 234 Å². The largest absolute Gasteiger partial charge is 0.490 e. The lowest BCUT2D eigenvalue weighted by Gasteiger charge is -2.41. The number of nitrogens with zero attached hydrogens (tertiary/aromatic N) is 4. The first-order valence-corrected chi connectivity index (χ1v) is 12.9. The van der Waals surface area contributed by atoms with Gasteiger partial charge in [0.25, 0.3) is 5.91 Å². The summed E-state index contributed by atoms with van der Waals surface area (Å²) >= 11 is 0.